The molecule has 2 aromatic heterocycles. The number of hydrogen-bond donors (Lipinski definition) is 1. The van der Waals surface area contributed by atoms with Crippen LogP contribution >= 0.6 is 23.2 Å². The highest BCUT2D eigenvalue weighted by Gasteiger charge is 2.39. The van der Waals surface area contributed by atoms with Gasteiger partial charge in [-0.1, -0.05) is 54.2 Å². The number of carbonyl (C=O) groups excluding carboxylic acids is 2. The third-order valence-electron chi connectivity index (χ3n) is 6.28. The highest BCUT2D eigenvalue weighted by molar-refractivity contribution is 6.42. The molecule has 0 bridgehead atoms. The first-order chi connectivity index (χ1) is 18.9. The maximum Gasteiger partial charge on any atom is 0.348 e. The molecule has 1 atom stereocenters. The van der Waals surface area contributed by atoms with Crippen LogP contribution < -0.4 is 10.9 Å². The van der Waals surface area contributed by atoms with Gasteiger partial charge in [0.25, 0.3) is 5.91 Å². The number of nitrogens with one attached hydrogen (secondary N) is 1. The second-order valence-corrected chi connectivity index (χ2v) is 10.0. The van der Waals surface area contributed by atoms with Gasteiger partial charge in [-0.15, -0.1) is 0 Å². The first-order valence-corrected chi connectivity index (χ1v) is 13.5. The van der Waals surface area contributed by atoms with Crippen LogP contribution in [0.15, 0.2) is 67.5 Å². The quantitative estimate of drug-likeness (QED) is 0.243. The molecule has 0 aliphatic carbocycles. The van der Waals surface area contributed by atoms with Crippen LogP contribution in [-0.2, 0) is 29.2 Å². The van der Waals surface area contributed by atoms with Crippen molar-refractivity contribution in [2.75, 3.05) is 6.54 Å². The fraction of sp³-hybridized carbons (Fsp3) is 0.357. The molecule has 9 nitrogen and oxygen atoms in total. The Labute approximate surface area is 235 Å². The fourth-order valence-corrected chi connectivity index (χ4v) is 4.52. The van der Waals surface area contributed by atoms with Crippen LogP contribution in [0.2, 0.25) is 10.0 Å². The second-order valence-electron chi connectivity index (χ2n) is 9.19. The third-order valence-corrected chi connectivity index (χ3v) is 7.02. The predicted molar refractivity (Wildman–Crippen MR) is 147 cm³/mol. The zero-order chi connectivity index (χ0) is 27.8. The second kappa shape index (κ2) is 13.5. The Kier molecular flexibility index (Phi) is 9.84. The molecule has 206 valence electrons. The largest absolute Gasteiger partial charge is 0.467 e. The summed E-state index contributed by atoms with van der Waals surface area (Å²) in [5, 5.41) is 7.77. The van der Waals surface area contributed by atoms with Gasteiger partial charge in [0, 0.05) is 12.8 Å². The molecule has 2 amide bonds. The van der Waals surface area contributed by atoms with E-state index in [2.05, 4.69) is 17.4 Å². The number of unbranched alkanes of at least 4 members (excludes halogenated alkanes) is 2. The van der Waals surface area contributed by atoms with Crippen molar-refractivity contribution < 1.29 is 23.3 Å². The van der Waals surface area contributed by atoms with Crippen LogP contribution in [-0.4, -0.2) is 35.0 Å². The summed E-state index contributed by atoms with van der Waals surface area (Å²) >= 11 is 12.0. The molecule has 0 unspecified atom stereocenters. The molecule has 1 N–H and O–H groups in total. The molecule has 39 heavy (non-hydrogen) atoms. The molecule has 0 saturated carbocycles. The SMILES string of the molecule is CCCCCc1ccc(C(=O)N2CC(=NOCc3ccc(Cl)c(Cl)c3)C[C@H]2C(=O)NCc2ccco2)c(=O)o1. The summed E-state index contributed by atoms with van der Waals surface area (Å²) in [6.45, 7) is 2.37. The lowest BCUT2D eigenvalue weighted by molar-refractivity contribution is -0.125. The van der Waals surface area contributed by atoms with Crippen molar-refractivity contribution in [1.82, 2.24) is 10.2 Å². The number of amides is 2. The highest BCUT2D eigenvalue weighted by atomic mass is 35.5. The summed E-state index contributed by atoms with van der Waals surface area (Å²) in [5.74, 6) is 0.0705. The van der Waals surface area contributed by atoms with Gasteiger partial charge in [0.15, 0.2) is 0 Å². The predicted octanol–water partition coefficient (Wildman–Crippen LogP) is 5.38. The molecule has 1 aromatic carbocycles. The maximum absolute atomic E-state index is 13.4. The van der Waals surface area contributed by atoms with Crippen LogP contribution in [0.5, 0.6) is 0 Å². The molecule has 1 aliphatic heterocycles. The van der Waals surface area contributed by atoms with Crippen LogP contribution in [0.4, 0.5) is 0 Å². The standard InChI is InChI=1S/C28H29Cl2N3O6/c1-2-3-4-6-20-9-10-22(28(36)39-20)27(35)33-16-19(32-38-17-18-8-11-23(29)24(30)13-18)14-25(33)26(34)31-15-21-7-5-12-37-21/h5,7-13,25H,2-4,6,14-17H2,1H3,(H,31,34)/t25-/m0/s1. The Morgan fingerprint density at radius 2 is 1.97 bits per heavy atom. The van der Waals surface area contributed by atoms with Gasteiger partial charge in [0.05, 0.1) is 35.1 Å². The third kappa shape index (κ3) is 7.52. The minimum atomic E-state index is -0.900. The average molecular weight is 574 g/mol. The summed E-state index contributed by atoms with van der Waals surface area (Å²) in [6, 6.07) is 10.7. The van der Waals surface area contributed by atoms with Crippen molar-refractivity contribution in [2.45, 2.75) is 58.2 Å². The Balaban J connectivity index is 1.49. The van der Waals surface area contributed by atoms with Gasteiger partial charge in [-0.3, -0.25) is 9.59 Å². The van der Waals surface area contributed by atoms with E-state index in [4.69, 9.17) is 36.9 Å². The maximum atomic E-state index is 13.4. The molecule has 1 aliphatic rings. The lowest BCUT2D eigenvalue weighted by Crippen LogP contribution is -2.46. The lowest BCUT2D eigenvalue weighted by Gasteiger charge is -2.22. The van der Waals surface area contributed by atoms with Crippen molar-refractivity contribution in [3.63, 3.8) is 0 Å². The van der Waals surface area contributed by atoms with E-state index in [9.17, 15) is 14.4 Å². The first-order valence-electron chi connectivity index (χ1n) is 12.7. The van der Waals surface area contributed by atoms with Crippen LogP contribution in [0.1, 0.15) is 60.0 Å². The van der Waals surface area contributed by atoms with E-state index in [1.807, 2.05) is 0 Å². The molecule has 3 heterocycles. The van der Waals surface area contributed by atoms with Gasteiger partial charge in [-0.2, -0.15) is 0 Å². The van der Waals surface area contributed by atoms with Gasteiger partial charge in [0.2, 0.25) is 5.91 Å². The number of halogens is 2. The first kappa shape index (κ1) is 28.4. The molecular formula is C28H29Cl2N3O6. The molecule has 0 spiro atoms. The minimum Gasteiger partial charge on any atom is -0.467 e. The summed E-state index contributed by atoms with van der Waals surface area (Å²) in [4.78, 5) is 46.0. The number of hydrogen-bond acceptors (Lipinski definition) is 7. The number of benzene rings is 1. The minimum absolute atomic E-state index is 0.0107. The monoisotopic (exact) mass is 573 g/mol. The Bertz CT molecular complexity index is 1390. The van der Waals surface area contributed by atoms with Gasteiger partial charge in [0.1, 0.15) is 29.7 Å². The summed E-state index contributed by atoms with van der Waals surface area (Å²) in [6.07, 6.45) is 5.21. The number of rotatable bonds is 11. The summed E-state index contributed by atoms with van der Waals surface area (Å²) < 4.78 is 10.7. The van der Waals surface area contributed by atoms with E-state index in [-0.39, 0.29) is 31.7 Å². The number of aryl methyl sites for hydroxylation is 1. The van der Waals surface area contributed by atoms with Crippen molar-refractivity contribution in [2.24, 2.45) is 5.16 Å². The molecule has 3 aromatic rings. The Morgan fingerprint density at radius 1 is 1.13 bits per heavy atom. The Morgan fingerprint density at radius 3 is 2.69 bits per heavy atom. The average Bonchev–Trinajstić information content (AvgIpc) is 3.60. The van der Waals surface area contributed by atoms with Crippen LogP contribution in [0.25, 0.3) is 0 Å². The normalized spacial score (nSPS) is 16.0. The zero-order valence-corrected chi connectivity index (χ0v) is 23.0. The van der Waals surface area contributed by atoms with Crippen molar-refractivity contribution in [3.05, 3.63) is 91.8 Å². The van der Waals surface area contributed by atoms with E-state index in [0.717, 1.165) is 24.8 Å². The van der Waals surface area contributed by atoms with E-state index in [1.165, 1.54) is 17.2 Å². The van der Waals surface area contributed by atoms with E-state index in [1.54, 1.807) is 36.4 Å². The van der Waals surface area contributed by atoms with Crippen molar-refractivity contribution in [3.8, 4) is 0 Å². The molecule has 0 radical (unpaired) electrons. The van der Waals surface area contributed by atoms with Gasteiger partial charge >= 0.3 is 5.63 Å². The number of likely N-dealkylation sites (tertiary alicyclic amines) is 1. The molecule has 4 rings (SSSR count). The molecule has 1 saturated heterocycles. The van der Waals surface area contributed by atoms with E-state index < -0.39 is 23.5 Å². The van der Waals surface area contributed by atoms with E-state index in [0.29, 0.717) is 33.7 Å². The van der Waals surface area contributed by atoms with Crippen molar-refractivity contribution in [1.29, 1.82) is 0 Å². The number of carbonyl (C=O) groups is 2. The summed E-state index contributed by atoms with van der Waals surface area (Å²) in [7, 11) is 0. The number of nitrogens with zero attached hydrogens (tertiary/aromatic N) is 2. The Hall–Kier alpha value is -3.56. The van der Waals surface area contributed by atoms with Gasteiger partial charge < -0.3 is 23.9 Å². The topological polar surface area (TPSA) is 114 Å². The number of furan rings is 1. The van der Waals surface area contributed by atoms with E-state index >= 15 is 0 Å². The molecular weight excluding hydrogens is 545 g/mol. The highest BCUT2D eigenvalue weighted by Crippen LogP contribution is 2.23. The van der Waals surface area contributed by atoms with Crippen LogP contribution in [0, 0.1) is 0 Å². The van der Waals surface area contributed by atoms with Gasteiger partial charge in [-0.25, -0.2) is 4.79 Å². The molecule has 1 fully saturated rings. The van der Waals surface area contributed by atoms with Crippen LogP contribution in [0.3, 0.4) is 0 Å². The smallest absolute Gasteiger partial charge is 0.348 e. The zero-order valence-electron chi connectivity index (χ0n) is 21.5. The summed E-state index contributed by atoms with van der Waals surface area (Å²) in [5.41, 5.74) is 0.354. The fourth-order valence-electron chi connectivity index (χ4n) is 4.20. The lowest BCUT2D eigenvalue weighted by atomic mass is 10.1. The molecule has 11 heteroatoms. The van der Waals surface area contributed by atoms with Gasteiger partial charge in [-0.05, 0) is 48.4 Å². The van der Waals surface area contributed by atoms with Crippen molar-refractivity contribution >= 4 is 40.7 Å². The number of oxime groups is 1.